The van der Waals surface area contributed by atoms with Gasteiger partial charge in [0.25, 0.3) is 5.91 Å². The highest BCUT2D eigenvalue weighted by molar-refractivity contribution is 14.0. The van der Waals surface area contributed by atoms with E-state index in [1.54, 1.807) is 19.2 Å². The first-order valence-corrected chi connectivity index (χ1v) is 9.11. The number of rotatable bonds is 6. The minimum atomic E-state index is -0.268. The van der Waals surface area contributed by atoms with E-state index >= 15 is 0 Å². The number of hydrogen-bond acceptors (Lipinski definition) is 3. The summed E-state index contributed by atoms with van der Waals surface area (Å²) >= 11 is 0. The fraction of sp³-hybridized carbons (Fsp3) is 0.182. The topological polar surface area (TPSA) is 78.7 Å². The Hall–Kier alpha value is -2.81. The van der Waals surface area contributed by atoms with Crippen LogP contribution < -0.4 is 16.0 Å². The number of anilines is 1. The first-order valence-electron chi connectivity index (χ1n) is 9.11. The molecular weight excluding hydrogens is 479 g/mol. The summed E-state index contributed by atoms with van der Waals surface area (Å²) in [4.78, 5) is 16.3. The van der Waals surface area contributed by atoms with Crippen molar-refractivity contribution in [1.82, 2.24) is 10.6 Å². The summed E-state index contributed by atoms with van der Waals surface area (Å²) in [7, 11) is 1.75. The van der Waals surface area contributed by atoms with Gasteiger partial charge < -0.3 is 20.4 Å². The van der Waals surface area contributed by atoms with Crippen LogP contribution in [-0.4, -0.2) is 18.9 Å². The Labute approximate surface area is 187 Å². The molecule has 1 atom stereocenters. The van der Waals surface area contributed by atoms with Crippen molar-refractivity contribution in [2.24, 2.45) is 4.99 Å². The van der Waals surface area contributed by atoms with Crippen LogP contribution in [-0.2, 0) is 6.54 Å². The Morgan fingerprint density at radius 2 is 1.76 bits per heavy atom. The molecule has 0 fully saturated rings. The summed E-state index contributed by atoms with van der Waals surface area (Å²) in [6.07, 6.45) is 1.48. The van der Waals surface area contributed by atoms with Crippen molar-refractivity contribution in [2.75, 3.05) is 12.4 Å². The third-order valence-electron chi connectivity index (χ3n) is 4.29. The molecule has 6 nitrogen and oxygen atoms in total. The number of aliphatic imine (C=N–C) groups is 1. The Kier molecular flexibility index (Phi) is 8.72. The molecule has 0 aliphatic heterocycles. The number of nitrogens with one attached hydrogen (secondary N) is 3. The molecule has 0 radical (unpaired) electrons. The standard InChI is InChI=1S/C22H24N4O2.HI/c1-16(18-7-4-3-5-8-18)25-22(23-2)24-15-17-10-12-19(13-11-17)26-21(27)20-9-6-14-28-20;/h3-14,16H,15H2,1-2H3,(H,26,27)(H2,23,24,25);1H. The molecule has 1 amide bonds. The maximum absolute atomic E-state index is 12.0. The van der Waals surface area contributed by atoms with Crippen LogP contribution in [0.2, 0.25) is 0 Å². The number of amides is 1. The minimum Gasteiger partial charge on any atom is -0.459 e. The van der Waals surface area contributed by atoms with Crippen LogP contribution in [0.5, 0.6) is 0 Å². The number of furan rings is 1. The van der Waals surface area contributed by atoms with Gasteiger partial charge in [-0.05, 0) is 42.3 Å². The van der Waals surface area contributed by atoms with Crippen LogP contribution >= 0.6 is 24.0 Å². The number of nitrogens with zero attached hydrogens (tertiary/aromatic N) is 1. The molecule has 3 rings (SSSR count). The highest BCUT2D eigenvalue weighted by Crippen LogP contribution is 2.13. The van der Waals surface area contributed by atoms with Crippen LogP contribution in [0, 0.1) is 0 Å². The Bertz CT molecular complexity index is 910. The third kappa shape index (κ3) is 6.63. The Balaban J connectivity index is 0.00000300. The first-order chi connectivity index (χ1) is 13.7. The maximum atomic E-state index is 12.0. The zero-order valence-electron chi connectivity index (χ0n) is 16.4. The van der Waals surface area contributed by atoms with Crippen LogP contribution in [0.25, 0.3) is 0 Å². The van der Waals surface area contributed by atoms with E-state index in [0.717, 1.165) is 11.5 Å². The molecule has 7 heteroatoms. The molecule has 152 valence electrons. The first kappa shape index (κ1) is 22.5. The maximum Gasteiger partial charge on any atom is 0.291 e. The van der Waals surface area contributed by atoms with Crippen molar-refractivity contribution in [3.8, 4) is 0 Å². The fourth-order valence-electron chi connectivity index (χ4n) is 2.72. The summed E-state index contributed by atoms with van der Waals surface area (Å²) < 4.78 is 5.09. The molecule has 0 spiro atoms. The minimum absolute atomic E-state index is 0. The highest BCUT2D eigenvalue weighted by atomic mass is 127. The van der Waals surface area contributed by atoms with Gasteiger partial charge in [-0.2, -0.15) is 0 Å². The molecule has 0 saturated heterocycles. The van der Waals surface area contributed by atoms with Gasteiger partial charge in [-0.25, -0.2) is 0 Å². The molecule has 3 N–H and O–H groups in total. The van der Waals surface area contributed by atoms with Crippen molar-refractivity contribution in [1.29, 1.82) is 0 Å². The average molecular weight is 504 g/mol. The lowest BCUT2D eigenvalue weighted by molar-refractivity contribution is 0.0996. The monoisotopic (exact) mass is 504 g/mol. The van der Waals surface area contributed by atoms with E-state index in [4.69, 9.17) is 4.42 Å². The second kappa shape index (κ2) is 11.3. The second-order valence-electron chi connectivity index (χ2n) is 6.33. The molecule has 2 aromatic carbocycles. The molecule has 0 saturated carbocycles. The van der Waals surface area contributed by atoms with Crippen LogP contribution in [0.3, 0.4) is 0 Å². The van der Waals surface area contributed by atoms with Gasteiger partial charge in [0.05, 0.1) is 12.3 Å². The largest absolute Gasteiger partial charge is 0.459 e. The Morgan fingerprint density at radius 3 is 2.38 bits per heavy atom. The SMILES string of the molecule is CN=C(NCc1ccc(NC(=O)c2ccco2)cc1)NC(C)c1ccccc1.I. The second-order valence-corrected chi connectivity index (χ2v) is 6.33. The Morgan fingerprint density at radius 1 is 1.03 bits per heavy atom. The van der Waals surface area contributed by atoms with E-state index in [-0.39, 0.29) is 41.7 Å². The lowest BCUT2D eigenvalue weighted by atomic mass is 10.1. The predicted octanol–water partition coefficient (Wildman–Crippen LogP) is 4.58. The van der Waals surface area contributed by atoms with E-state index in [9.17, 15) is 4.79 Å². The molecule has 1 unspecified atom stereocenters. The number of guanidine groups is 1. The highest BCUT2D eigenvalue weighted by Gasteiger charge is 2.09. The van der Waals surface area contributed by atoms with E-state index < -0.39 is 0 Å². The average Bonchev–Trinajstić information content (AvgIpc) is 3.28. The van der Waals surface area contributed by atoms with Gasteiger partial charge in [0.15, 0.2) is 11.7 Å². The van der Waals surface area contributed by atoms with Gasteiger partial charge in [-0.15, -0.1) is 24.0 Å². The quantitative estimate of drug-likeness (QED) is 0.261. The molecule has 1 heterocycles. The van der Waals surface area contributed by atoms with Gasteiger partial charge >= 0.3 is 0 Å². The molecule has 0 bridgehead atoms. The van der Waals surface area contributed by atoms with E-state index in [1.807, 2.05) is 42.5 Å². The summed E-state index contributed by atoms with van der Waals surface area (Å²) in [5.41, 5.74) is 2.98. The summed E-state index contributed by atoms with van der Waals surface area (Å²) in [5.74, 6) is 0.745. The van der Waals surface area contributed by atoms with Gasteiger partial charge in [-0.3, -0.25) is 9.79 Å². The smallest absolute Gasteiger partial charge is 0.291 e. The van der Waals surface area contributed by atoms with Gasteiger partial charge in [0.2, 0.25) is 0 Å². The third-order valence-corrected chi connectivity index (χ3v) is 4.29. The number of carbonyl (C=O) groups excluding carboxylic acids is 1. The summed E-state index contributed by atoms with van der Waals surface area (Å²) in [5, 5.41) is 9.49. The molecule has 1 aromatic heterocycles. The van der Waals surface area contributed by atoms with Crippen LogP contribution in [0.1, 0.15) is 34.6 Å². The summed E-state index contributed by atoms with van der Waals surface area (Å²) in [6, 6.07) is 21.3. The number of halogens is 1. The van der Waals surface area contributed by atoms with Gasteiger partial charge in [0.1, 0.15) is 0 Å². The zero-order valence-corrected chi connectivity index (χ0v) is 18.7. The summed E-state index contributed by atoms with van der Waals surface area (Å²) in [6.45, 7) is 2.71. The zero-order chi connectivity index (χ0) is 19.8. The van der Waals surface area contributed by atoms with Crippen molar-refractivity contribution in [2.45, 2.75) is 19.5 Å². The van der Waals surface area contributed by atoms with Crippen LogP contribution in [0.15, 0.2) is 82.4 Å². The molecule has 0 aliphatic rings. The van der Waals surface area contributed by atoms with Crippen molar-refractivity contribution in [3.05, 3.63) is 89.9 Å². The van der Waals surface area contributed by atoms with Crippen molar-refractivity contribution >= 4 is 41.5 Å². The van der Waals surface area contributed by atoms with E-state index in [2.05, 4.69) is 40.0 Å². The number of carbonyl (C=O) groups is 1. The van der Waals surface area contributed by atoms with Crippen LogP contribution in [0.4, 0.5) is 5.69 Å². The lowest BCUT2D eigenvalue weighted by Gasteiger charge is -2.18. The predicted molar refractivity (Wildman–Crippen MR) is 127 cm³/mol. The van der Waals surface area contributed by atoms with Gasteiger partial charge in [0, 0.05) is 19.3 Å². The van der Waals surface area contributed by atoms with Crippen molar-refractivity contribution < 1.29 is 9.21 Å². The fourth-order valence-corrected chi connectivity index (χ4v) is 2.72. The lowest BCUT2D eigenvalue weighted by Crippen LogP contribution is -2.38. The normalized spacial score (nSPS) is 11.9. The molecule has 29 heavy (non-hydrogen) atoms. The number of benzene rings is 2. The molecular formula is C22H25IN4O2. The van der Waals surface area contributed by atoms with Gasteiger partial charge in [-0.1, -0.05) is 42.5 Å². The molecule has 3 aromatic rings. The van der Waals surface area contributed by atoms with E-state index in [0.29, 0.717) is 12.2 Å². The van der Waals surface area contributed by atoms with Crippen molar-refractivity contribution in [3.63, 3.8) is 0 Å². The molecule has 0 aliphatic carbocycles. The number of hydrogen-bond donors (Lipinski definition) is 3. The van der Waals surface area contributed by atoms with E-state index in [1.165, 1.54) is 11.8 Å².